The molecule has 0 aromatic heterocycles. The standard InChI is InChI=1S/C18H23ClN2.ClH/c1-4-14-8-9-15-11-13(7-10-16(15)18(14)19)12-17(20-5-2)21-6-3;/h7-11H,4-6,12H2,1-3H3,(H,20,21);1H. The summed E-state index contributed by atoms with van der Waals surface area (Å²) in [6.07, 6.45) is 1.80. The SMILES string of the molecule is CCN=C(Cc1ccc2c(Cl)c(CC)ccc2c1)NCC.Cl. The van der Waals surface area contributed by atoms with Crippen molar-refractivity contribution in [2.75, 3.05) is 13.1 Å². The summed E-state index contributed by atoms with van der Waals surface area (Å²) in [6, 6.07) is 10.8. The second kappa shape index (κ2) is 9.02. The molecule has 2 nitrogen and oxygen atoms in total. The molecule has 0 spiro atoms. The molecular weight excluding hydrogens is 315 g/mol. The lowest BCUT2D eigenvalue weighted by molar-refractivity contribution is 0.923. The monoisotopic (exact) mass is 338 g/mol. The van der Waals surface area contributed by atoms with Gasteiger partial charge in [-0.1, -0.05) is 48.9 Å². The van der Waals surface area contributed by atoms with Crippen molar-refractivity contribution in [3.8, 4) is 0 Å². The van der Waals surface area contributed by atoms with E-state index < -0.39 is 0 Å². The molecular formula is C18H24Cl2N2. The molecule has 4 heteroatoms. The van der Waals surface area contributed by atoms with E-state index in [1.807, 2.05) is 0 Å². The topological polar surface area (TPSA) is 24.4 Å². The Bertz CT molecular complexity index is 651. The summed E-state index contributed by atoms with van der Waals surface area (Å²) < 4.78 is 0. The van der Waals surface area contributed by atoms with Gasteiger partial charge in [0.1, 0.15) is 5.84 Å². The molecule has 2 aromatic carbocycles. The molecule has 0 saturated carbocycles. The van der Waals surface area contributed by atoms with Crippen molar-refractivity contribution in [1.82, 2.24) is 5.32 Å². The van der Waals surface area contributed by atoms with Gasteiger partial charge in [0.05, 0.1) is 5.02 Å². The van der Waals surface area contributed by atoms with E-state index in [0.29, 0.717) is 0 Å². The van der Waals surface area contributed by atoms with Gasteiger partial charge in [0.15, 0.2) is 0 Å². The van der Waals surface area contributed by atoms with Gasteiger partial charge in [-0.2, -0.15) is 0 Å². The number of benzene rings is 2. The zero-order chi connectivity index (χ0) is 15.2. The number of halogens is 2. The third-order valence-electron chi connectivity index (χ3n) is 3.58. The van der Waals surface area contributed by atoms with Gasteiger partial charge in [0, 0.05) is 24.9 Å². The van der Waals surface area contributed by atoms with Crippen LogP contribution >= 0.6 is 24.0 Å². The van der Waals surface area contributed by atoms with Crippen LogP contribution in [-0.4, -0.2) is 18.9 Å². The fraction of sp³-hybridized carbons (Fsp3) is 0.389. The number of aliphatic imine (C=N–C) groups is 1. The lowest BCUT2D eigenvalue weighted by atomic mass is 10.0. The molecule has 0 aliphatic heterocycles. The summed E-state index contributed by atoms with van der Waals surface area (Å²) in [4.78, 5) is 4.51. The lowest BCUT2D eigenvalue weighted by Crippen LogP contribution is -2.25. The summed E-state index contributed by atoms with van der Waals surface area (Å²) in [5.41, 5.74) is 2.47. The minimum Gasteiger partial charge on any atom is -0.374 e. The van der Waals surface area contributed by atoms with E-state index in [1.165, 1.54) is 16.5 Å². The fourth-order valence-corrected chi connectivity index (χ4v) is 2.90. The summed E-state index contributed by atoms with van der Waals surface area (Å²) in [5, 5.41) is 6.55. The number of amidine groups is 1. The number of hydrogen-bond acceptors (Lipinski definition) is 1. The van der Waals surface area contributed by atoms with Gasteiger partial charge in [-0.15, -0.1) is 12.4 Å². The third kappa shape index (κ3) is 4.37. The van der Waals surface area contributed by atoms with Crippen LogP contribution in [-0.2, 0) is 12.8 Å². The highest BCUT2D eigenvalue weighted by Gasteiger charge is 2.06. The van der Waals surface area contributed by atoms with Crippen molar-refractivity contribution < 1.29 is 0 Å². The van der Waals surface area contributed by atoms with Gasteiger partial charge in [0.2, 0.25) is 0 Å². The molecule has 2 rings (SSSR count). The Hall–Kier alpha value is -1.25. The van der Waals surface area contributed by atoms with Gasteiger partial charge in [0.25, 0.3) is 0 Å². The zero-order valence-electron chi connectivity index (χ0n) is 13.4. The number of likely N-dealkylation sites (N-methyl/N-ethyl adjacent to an activating group) is 1. The maximum Gasteiger partial charge on any atom is 0.101 e. The second-order valence-electron chi connectivity index (χ2n) is 5.08. The summed E-state index contributed by atoms with van der Waals surface area (Å²) in [7, 11) is 0. The number of aryl methyl sites for hydroxylation is 1. The zero-order valence-corrected chi connectivity index (χ0v) is 15.0. The van der Waals surface area contributed by atoms with Gasteiger partial charge in [-0.25, -0.2) is 0 Å². The average Bonchev–Trinajstić information content (AvgIpc) is 2.48. The van der Waals surface area contributed by atoms with Crippen LogP contribution in [0, 0.1) is 0 Å². The van der Waals surface area contributed by atoms with Crippen LogP contribution in [0.25, 0.3) is 10.8 Å². The van der Waals surface area contributed by atoms with Gasteiger partial charge in [-0.05, 0) is 36.8 Å². The Labute approximate surface area is 144 Å². The highest BCUT2D eigenvalue weighted by Crippen LogP contribution is 2.28. The lowest BCUT2D eigenvalue weighted by Gasteiger charge is -2.10. The van der Waals surface area contributed by atoms with Crippen LogP contribution in [0.3, 0.4) is 0 Å². The molecule has 0 atom stereocenters. The van der Waals surface area contributed by atoms with Crippen LogP contribution < -0.4 is 5.32 Å². The summed E-state index contributed by atoms with van der Waals surface area (Å²) in [5.74, 6) is 1.05. The molecule has 0 aliphatic rings. The number of fused-ring (bicyclic) bond motifs is 1. The van der Waals surface area contributed by atoms with Crippen LogP contribution in [0.4, 0.5) is 0 Å². The highest BCUT2D eigenvalue weighted by atomic mass is 35.5. The van der Waals surface area contributed by atoms with E-state index in [1.54, 1.807) is 0 Å². The van der Waals surface area contributed by atoms with Crippen LogP contribution in [0.15, 0.2) is 35.3 Å². The van der Waals surface area contributed by atoms with E-state index in [9.17, 15) is 0 Å². The normalized spacial score (nSPS) is 11.4. The Morgan fingerprint density at radius 2 is 1.91 bits per heavy atom. The summed E-state index contributed by atoms with van der Waals surface area (Å²) >= 11 is 6.46. The van der Waals surface area contributed by atoms with E-state index in [0.717, 1.165) is 42.2 Å². The molecule has 0 bridgehead atoms. The van der Waals surface area contributed by atoms with E-state index in [-0.39, 0.29) is 12.4 Å². The Morgan fingerprint density at radius 1 is 1.14 bits per heavy atom. The number of hydrogen-bond donors (Lipinski definition) is 1. The molecule has 1 N–H and O–H groups in total. The first-order chi connectivity index (χ1) is 10.2. The van der Waals surface area contributed by atoms with Crippen molar-refractivity contribution in [2.45, 2.75) is 33.6 Å². The molecule has 0 amide bonds. The molecule has 0 unspecified atom stereocenters. The van der Waals surface area contributed by atoms with Gasteiger partial charge < -0.3 is 5.32 Å². The maximum absolute atomic E-state index is 6.46. The predicted molar refractivity (Wildman–Crippen MR) is 101 cm³/mol. The summed E-state index contributed by atoms with van der Waals surface area (Å²) in [6.45, 7) is 7.99. The van der Waals surface area contributed by atoms with Crippen LogP contribution in [0.2, 0.25) is 5.02 Å². The first-order valence-corrected chi connectivity index (χ1v) is 8.04. The molecule has 120 valence electrons. The molecule has 0 heterocycles. The van der Waals surface area contributed by atoms with E-state index in [4.69, 9.17) is 11.6 Å². The number of nitrogens with one attached hydrogen (secondary N) is 1. The van der Waals surface area contributed by atoms with Crippen LogP contribution in [0.1, 0.15) is 31.9 Å². The smallest absolute Gasteiger partial charge is 0.101 e. The Balaban J connectivity index is 0.00000242. The molecule has 0 radical (unpaired) electrons. The Morgan fingerprint density at radius 3 is 2.55 bits per heavy atom. The predicted octanol–water partition coefficient (Wildman–Crippen LogP) is 5.05. The van der Waals surface area contributed by atoms with Crippen molar-refractivity contribution in [3.05, 3.63) is 46.5 Å². The largest absolute Gasteiger partial charge is 0.374 e. The fourth-order valence-electron chi connectivity index (χ4n) is 2.53. The van der Waals surface area contributed by atoms with Crippen molar-refractivity contribution in [3.63, 3.8) is 0 Å². The molecule has 0 saturated heterocycles. The first-order valence-electron chi connectivity index (χ1n) is 7.66. The van der Waals surface area contributed by atoms with E-state index in [2.05, 4.69) is 61.4 Å². The quantitative estimate of drug-likeness (QED) is 0.598. The number of nitrogens with zero attached hydrogens (tertiary/aromatic N) is 1. The number of rotatable bonds is 5. The van der Waals surface area contributed by atoms with Gasteiger partial charge in [-0.3, -0.25) is 4.99 Å². The van der Waals surface area contributed by atoms with Gasteiger partial charge >= 0.3 is 0 Å². The third-order valence-corrected chi connectivity index (χ3v) is 4.03. The van der Waals surface area contributed by atoms with Crippen molar-refractivity contribution in [1.29, 1.82) is 0 Å². The van der Waals surface area contributed by atoms with Crippen molar-refractivity contribution >= 4 is 40.6 Å². The molecule has 0 fully saturated rings. The van der Waals surface area contributed by atoms with Crippen molar-refractivity contribution in [2.24, 2.45) is 4.99 Å². The minimum absolute atomic E-state index is 0. The second-order valence-corrected chi connectivity index (χ2v) is 5.45. The molecule has 22 heavy (non-hydrogen) atoms. The maximum atomic E-state index is 6.46. The first kappa shape index (κ1) is 18.8. The van der Waals surface area contributed by atoms with E-state index >= 15 is 0 Å². The molecule has 0 aliphatic carbocycles. The molecule has 2 aromatic rings. The minimum atomic E-state index is 0. The Kier molecular flexibility index (Phi) is 7.70. The average molecular weight is 339 g/mol. The van der Waals surface area contributed by atoms with Crippen LogP contribution in [0.5, 0.6) is 0 Å². The highest BCUT2D eigenvalue weighted by molar-refractivity contribution is 6.36.